The molecule has 0 unspecified atom stereocenters. The molecule has 1 saturated heterocycles. The summed E-state index contributed by atoms with van der Waals surface area (Å²) in [5, 5.41) is 0. The Bertz CT molecular complexity index is 254. The summed E-state index contributed by atoms with van der Waals surface area (Å²) in [4.78, 5) is 7.15. The van der Waals surface area contributed by atoms with E-state index in [0.29, 0.717) is 21.0 Å². The number of nitrogens with zero attached hydrogens (tertiary/aromatic N) is 2. The summed E-state index contributed by atoms with van der Waals surface area (Å²) in [7, 11) is 2.14. The number of hydrogen-bond donors (Lipinski definition) is 0. The number of likely N-dealkylation sites (N-methyl/N-ethyl adjacent to an activating group) is 1. The molecule has 1 saturated carbocycles. The molecule has 78 valence electrons. The average molecular weight is 257 g/mol. The quantitative estimate of drug-likeness (QED) is 0.654. The molecule has 0 atom stereocenters. The van der Waals surface area contributed by atoms with Gasteiger partial charge in [-0.2, -0.15) is 0 Å². The van der Waals surface area contributed by atoms with Gasteiger partial charge >= 0.3 is 92.4 Å². The van der Waals surface area contributed by atoms with Crippen molar-refractivity contribution in [2.75, 3.05) is 13.6 Å². The van der Waals surface area contributed by atoms with Gasteiger partial charge in [0.05, 0.1) is 0 Å². The Hall–Kier alpha value is -0.271. The molecule has 0 N–H and O–H groups in total. The van der Waals surface area contributed by atoms with E-state index >= 15 is 0 Å². The third kappa shape index (κ3) is 2.40. The van der Waals surface area contributed by atoms with Gasteiger partial charge in [-0.3, -0.25) is 0 Å². The van der Waals surface area contributed by atoms with E-state index in [0.717, 1.165) is 6.54 Å². The van der Waals surface area contributed by atoms with Gasteiger partial charge in [0.15, 0.2) is 0 Å². The van der Waals surface area contributed by atoms with E-state index in [9.17, 15) is 0 Å². The average Bonchev–Trinajstić information content (AvgIpc) is 2.47. The Balaban J connectivity index is 1.98. The molecule has 2 rings (SSSR count). The first-order valence-electron chi connectivity index (χ1n) is 5.40. The molecule has 0 bridgehead atoms. The molecular formula is C11H18N2Se. The molecule has 1 aliphatic carbocycles. The van der Waals surface area contributed by atoms with Crippen LogP contribution in [0, 0.1) is 0 Å². The SMILES string of the molecule is C=C1CN(C)C(=NC2CCCCC2)[Se]1. The molecule has 3 heteroatoms. The molecule has 2 aliphatic rings. The summed E-state index contributed by atoms with van der Waals surface area (Å²) in [6.07, 6.45) is 6.77. The zero-order valence-electron chi connectivity index (χ0n) is 8.83. The maximum atomic E-state index is 4.88. The van der Waals surface area contributed by atoms with Gasteiger partial charge in [0.25, 0.3) is 0 Å². The molecular weight excluding hydrogens is 239 g/mol. The van der Waals surface area contributed by atoms with Crippen LogP contribution in [0.15, 0.2) is 16.0 Å². The van der Waals surface area contributed by atoms with Crippen molar-refractivity contribution in [3.05, 3.63) is 11.1 Å². The standard InChI is InChI=1S/C11H18N2Se/c1-9-8-13(2)11(14-9)12-10-6-4-3-5-7-10/h10H,1,3-8H2,2H3. The Morgan fingerprint density at radius 2 is 2.07 bits per heavy atom. The van der Waals surface area contributed by atoms with E-state index in [2.05, 4.69) is 18.5 Å². The molecule has 0 amide bonds. The third-order valence-corrected chi connectivity index (χ3v) is 4.98. The van der Waals surface area contributed by atoms with Crippen LogP contribution in [0.3, 0.4) is 0 Å². The fourth-order valence-corrected chi connectivity index (χ4v) is 4.03. The van der Waals surface area contributed by atoms with E-state index in [1.165, 1.54) is 41.3 Å². The van der Waals surface area contributed by atoms with Crippen molar-refractivity contribution in [2.45, 2.75) is 38.1 Å². The predicted molar refractivity (Wildman–Crippen MR) is 61.8 cm³/mol. The summed E-state index contributed by atoms with van der Waals surface area (Å²) < 4.78 is 2.70. The zero-order valence-corrected chi connectivity index (χ0v) is 10.5. The van der Waals surface area contributed by atoms with Crippen molar-refractivity contribution in [1.29, 1.82) is 0 Å². The normalized spacial score (nSPS) is 27.6. The minimum absolute atomic E-state index is 0.451. The van der Waals surface area contributed by atoms with Crippen LogP contribution in [-0.2, 0) is 0 Å². The van der Waals surface area contributed by atoms with Gasteiger partial charge in [-0.05, 0) is 0 Å². The van der Waals surface area contributed by atoms with E-state index < -0.39 is 0 Å². The van der Waals surface area contributed by atoms with Gasteiger partial charge in [0.1, 0.15) is 0 Å². The Morgan fingerprint density at radius 3 is 2.64 bits per heavy atom. The van der Waals surface area contributed by atoms with Gasteiger partial charge in [-0.25, -0.2) is 0 Å². The van der Waals surface area contributed by atoms with Crippen molar-refractivity contribution in [1.82, 2.24) is 4.90 Å². The van der Waals surface area contributed by atoms with E-state index in [1.54, 1.807) is 0 Å². The molecule has 2 nitrogen and oxygen atoms in total. The van der Waals surface area contributed by atoms with Crippen molar-refractivity contribution in [2.24, 2.45) is 4.99 Å². The van der Waals surface area contributed by atoms with E-state index in [-0.39, 0.29) is 0 Å². The van der Waals surface area contributed by atoms with Gasteiger partial charge in [-0.1, -0.05) is 0 Å². The van der Waals surface area contributed by atoms with Gasteiger partial charge in [0, 0.05) is 0 Å². The monoisotopic (exact) mass is 258 g/mol. The molecule has 2 fully saturated rings. The third-order valence-electron chi connectivity index (χ3n) is 2.84. The first kappa shape index (κ1) is 10.3. The predicted octanol–water partition coefficient (Wildman–Crippen LogP) is 1.84. The number of rotatable bonds is 1. The van der Waals surface area contributed by atoms with Crippen molar-refractivity contribution >= 4 is 19.7 Å². The number of hydrogen-bond acceptors (Lipinski definition) is 1. The van der Waals surface area contributed by atoms with Gasteiger partial charge in [0.2, 0.25) is 0 Å². The number of amidine groups is 1. The second-order valence-electron chi connectivity index (χ2n) is 4.20. The molecule has 0 aromatic carbocycles. The summed E-state index contributed by atoms with van der Waals surface area (Å²) in [6.45, 7) is 5.09. The van der Waals surface area contributed by atoms with Crippen LogP contribution < -0.4 is 0 Å². The van der Waals surface area contributed by atoms with Crippen LogP contribution in [0.25, 0.3) is 0 Å². The van der Waals surface area contributed by atoms with E-state index in [4.69, 9.17) is 4.99 Å². The summed E-state index contributed by atoms with van der Waals surface area (Å²) >= 11 is 0.451. The Kier molecular flexibility index (Phi) is 3.30. The molecule has 0 aromatic heterocycles. The van der Waals surface area contributed by atoms with Gasteiger partial charge < -0.3 is 0 Å². The topological polar surface area (TPSA) is 15.6 Å². The second-order valence-corrected chi connectivity index (χ2v) is 6.61. The van der Waals surface area contributed by atoms with Gasteiger partial charge in [-0.15, -0.1) is 0 Å². The minimum atomic E-state index is 0.451. The second kappa shape index (κ2) is 4.50. The first-order valence-corrected chi connectivity index (χ1v) is 7.11. The van der Waals surface area contributed by atoms with E-state index in [1.807, 2.05) is 0 Å². The zero-order chi connectivity index (χ0) is 9.97. The fourth-order valence-electron chi connectivity index (χ4n) is 2.06. The molecule has 14 heavy (non-hydrogen) atoms. The Labute approximate surface area is 92.6 Å². The molecule has 0 spiro atoms. The molecule has 0 aromatic rings. The van der Waals surface area contributed by atoms with Crippen LogP contribution in [0.2, 0.25) is 0 Å². The molecule has 1 aliphatic heterocycles. The molecule has 0 radical (unpaired) electrons. The van der Waals surface area contributed by atoms with Crippen LogP contribution in [0.1, 0.15) is 32.1 Å². The van der Waals surface area contributed by atoms with Crippen LogP contribution in [0.5, 0.6) is 0 Å². The summed E-state index contributed by atoms with van der Waals surface area (Å²) in [5.74, 6) is 0. The number of aliphatic imine (C=N–C) groups is 1. The molecule has 1 heterocycles. The van der Waals surface area contributed by atoms with Crippen molar-refractivity contribution < 1.29 is 0 Å². The summed E-state index contributed by atoms with van der Waals surface area (Å²) in [5.41, 5.74) is 0. The van der Waals surface area contributed by atoms with Crippen LogP contribution >= 0.6 is 0 Å². The maximum absolute atomic E-state index is 4.88. The van der Waals surface area contributed by atoms with Crippen molar-refractivity contribution in [3.63, 3.8) is 0 Å². The van der Waals surface area contributed by atoms with Crippen LogP contribution in [-0.4, -0.2) is 44.2 Å². The van der Waals surface area contributed by atoms with Crippen molar-refractivity contribution in [3.8, 4) is 0 Å². The first-order chi connectivity index (χ1) is 6.75. The Morgan fingerprint density at radius 1 is 1.36 bits per heavy atom. The fraction of sp³-hybridized carbons (Fsp3) is 0.727. The summed E-state index contributed by atoms with van der Waals surface area (Å²) in [6, 6.07) is 0.619. The van der Waals surface area contributed by atoms with Crippen LogP contribution in [0.4, 0.5) is 0 Å².